The third-order valence-electron chi connectivity index (χ3n) is 3.59. The second kappa shape index (κ2) is 4.87. The highest BCUT2D eigenvalue weighted by Crippen LogP contribution is 2.41. The molecule has 1 N–H and O–H groups in total. The van der Waals surface area contributed by atoms with Gasteiger partial charge in [-0.3, -0.25) is 0 Å². The minimum atomic E-state index is -0.787. The fourth-order valence-corrected chi connectivity index (χ4v) is 2.49. The van der Waals surface area contributed by atoms with Gasteiger partial charge < -0.3 is 9.84 Å². The van der Waals surface area contributed by atoms with Gasteiger partial charge in [0.1, 0.15) is 23.5 Å². The van der Waals surface area contributed by atoms with Gasteiger partial charge in [0.05, 0.1) is 6.10 Å². The van der Waals surface area contributed by atoms with Crippen LogP contribution in [0.4, 0.5) is 8.78 Å². The fourth-order valence-electron chi connectivity index (χ4n) is 2.49. The predicted octanol–water partition coefficient (Wildman–Crippen LogP) is 3.83. The van der Waals surface area contributed by atoms with Crippen LogP contribution in [0, 0.1) is 18.6 Å². The van der Waals surface area contributed by atoms with Crippen molar-refractivity contribution in [2.24, 2.45) is 0 Å². The average molecular weight is 276 g/mol. The summed E-state index contributed by atoms with van der Waals surface area (Å²) in [5.41, 5.74) is 1.79. The standard InChI is InChI=1S/C16H14F2O2/c1-9-6-10(2-4-13(9)18)16-8-14(19)12-7-11(17)3-5-15(12)20-16/h2-7,14,16,19H,8H2,1H3/t14-,16?/m1/s1. The van der Waals surface area contributed by atoms with Crippen LogP contribution in [0.2, 0.25) is 0 Å². The molecule has 2 nitrogen and oxygen atoms in total. The minimum absolute atomic E-state index is 0.271. The van der Waals surface area contributed by atoms with Crippen molar-refractivity contribution in [2.45, 2.75) is 25.6 Å². The molecule has 2 aromatic rings. The highest BCUT2D eigenvalue weighted by molar-refractivity contribution is 5.39. The van der Waals surface area contributed by atoms with Crippen LogP contribution in [0.15, 0.2) is 36.4 Å². The van der Waals surface area contributed by atoms with Crippen molar-refractivity contribution in [3.05, 3.63) is 64.7 Å². The summed E-state index contributed by atoms with van der Waals surface area (Å²) in [6, 6.07) is 8.84. The number of fused-ring (bicyclic) bond motifs is 1. The third-order valence-corrected chi connectivity index (χ3v) is 3.59. The fraction of sp³-hybridized carbons (Fsp3) is 0.250. The molecule has 0 amide bonds. The average Bonchev–Trinajstić information content (AvgIpc) is 2.42. The molecule has 0 saturated carbocycles. The number of aliphatic hydroxyl groups is 1. The Bertz CT molecular complexity index is 655. The van der Waals surface area contributed by atoms with Gasteiger partial charge in [0.25, 0.3) is 0 Å². The summed E-state index contributed by atoms with van der Waals surface area (Å²) >= 11 is 0. The van der Waals surface area contributed by atoms with Crippen LogP contribution in [0.1, 0.15) is 35.3 Å². The largest absolute Gasteiger partial charge is 0.485 e. The molecular weight excluding hydrogens is 262 g/mol. The van der Waals surface area contributed by atoms with Crippen molar-refractivity contribution in [3.63, 3.8) is 0 Å². The van der Waals surface area contributed by atoms with E-state index in [1.54, 1.807) is 19.1 Å². The maximum Gasteiger partial charge on any atom is 0.127 e. The maximum atomic E-state index is 13.3. The molecule has 1 heterocycles. The number of aliphatic hydroxyl groups excluding tert-OH is 1. The Kier molecular flexibility index (Phi) is 3.18. The number of halogens is 2. The summed E-state index contributed by atoms with van der Waals surface area (Å²) in [4.78, 5) is 0. The number of aryl methyl sites for hydroxylation is 1. The normalized spacial score (nSPS) is 21.2. The Morgan fingerprint density at radius 2 is 1.95 bits per heavy atom. The Morgan fingerprint density at radius 1 is 1.15 bits per heavy atom. The van der Waals surface area contributed by atoms with Gasteiger partial charge in [-0.15, -0.1) is 0 Å². The molecule has 20 heavy (non-hydrogen) atoms. The summed E-state index contributed by atoms with van der Waals surface area (Å²) in [5.74, 6) is -0.202. The molecule has 2 atom stereocenters. The van der Waals surface area contributed by atoms with Crippen molar-refractivity contribution < 1.29 is 18.6 Å². The van der Waals surface area contributed by atoms with Gasteiger partial charge in [0.15, 0.2) is 0 Å². The van der Waals surface area contributed by atoms with Crippen molar-refractivity contribution >= 4 is 0 Å². The second-order valence-corrected chi connectivity index (χ2v) is 5.05. The lowest BCUT2D eigenvalue weighted by Gasteiger charge is -2.30. The number of rotatable bonds is 1. The van der Waals surface area contributed by atoms with Gasteiger partial charge in [-0.2, -0.15) is 0 Å². The monoisotopic (exact) mass is 276 g/mol. The summed E-state index contributed by atoms with van der Waals surface area (Å²) in [6.07, 6.45) is -0.825. The van der Waals surface area contributed by atoms with Gasteiger partial charge in [-0.25, -0.2) is 8.78 Å². The van der Waals surface area contributed by atoms with Gasteiger partial charge in [-0.1, -0.05) is 6.07 Å². The van der Waals surface area contributed by atoms with Crippen molar-refractivity contribution in [1.82, 2.24) is 0 Å². The van der Waals surface area contributed by atoms with Crippen LogP contribution in [0.3, 0.4) is 0 Å². The van der Waals surface area contributed by atoms with Crippen LogP contribution in [-0.2, 0) is 0 Å². The van der Waals surface area contributed by atoms with E-state index in [-0.39, 0.29) is 11.9 Å². The van der Waals surface area contributed by atoms with Crippen LogP contribution >= 0.6 is 0 Å². The first-order chi connectivity index (χ1) is 9.54. The highest BCUT2D eigenvalue weighted by Gasteiger charge is 2.28. The first-order valence-electron chi connectivity index (χ1n) is 6.45. The van der Waals surface area contributed by atoms with Gasteiger partial charge in [0.2, 0.25) is 0 Å². The molecule has 0 aromatic heterocycles. The molecular formula is C16H14F2O2. The van der Waals surface area contributed by atoms with Crippen molar-refractivity contribution in [1.29, 1.82) is 0 Å². The van der Waals surface area contributed by atoms with Gasteiger partial charge >= 0.3 is 0 Å². The Balaban J connectivity index is 1.94. The first-order valence-corrected chi connectivity index (χ1v) is 6.45. The van der Waals surface area contributed by atoms with E-state index < -0.39 is 11.9 Å². The predicted molar refractivity (Wildman–Crippen MR) is 70.5 cm³/mol. The number of hydrogen-bond donors (Lipinski definition) is 1. The van der Waals surface area contributed by atoms with Crippen LogP contribution in [-0.4, -0.2) is 5.11 Å². The zero-order valence-corrected chi connectivity index (χ0v) is 10.9. The molecule has 4 heteroatoms. The molecule has 1 unspecified atom stereocenters. The van der Waals surface area contributed by atoms with Crippen molar-refractivity contribution in [2.75, 3.05) is 0 Å². The molecule has 1 aliphatic rings. The summed E-state index contributed by atoms with van der Waals surface area (Å²) < 4.78 is 32.3. The van der Waals surface area contributed by atoms with Gasteiger partial charge in [-0.05, 0) is 48.4 Å². The van der Waals surface area contributed by atoms with E-state index in [9.17, 15) is 13.9 Å². The molecule has 2 aromatic carbocycles. The molecule has 0 spiro atoms. The summed E-state index contributed by atoms with van der Waals surface area (Å²) in [6.45, 7) is 1.68. The number of ether oxygens (including phenoxy) is 1. The van der Waals surface area contributed by atoms with Gasteiger partial charge in [0, 0.05) is 12.0 Å². The smallest absolute Gasteiger partial charge is 0.127 e. The van der Waals surface area contributed by atoms with E-state index in [0.717, 1.165) is 5.56 Å². The molecule has 104 valence electrons. The Morgan fingerprint density at radius 3 is 2.70 bits per heavy atom. The van der Waals surface area contributed by atoms with Crippen LogP contribution in [0.25, 0.3) is 0 Å². The third kappa shape index (κ3) is 2.27. The molecule has 0 radical (unpaired) electrons. The Hall–Kier alpha value is -1.94. The number of benzene rings is 2. The molecule has 0 saturated heterocycles. The molecule has 0 aliphatic carbocycles. The zero-order chi connectivity index (χ0) is 14.3. The van der Waals surface area contributed by atoms with Crippen molar-refractivity contribution in [3.8, 4) is 5.75 Å². The lowest BCUT2D eigenvalue weighted by Crippen LogP contribution is -2.19. The lowest BCUT2D eigenvalue weighted by molar-refractivity contribution is 0.0653. The topological polar surface area (TPSA) is 29.5 Å². The molecule has 1 aliphatic heterocycles. The second-order valence-electron chi connectivity index (χ2n) is 5.05. The van der Waals surface area contributed by atoms with E-state index in [1.807, 2.05) is 0 Å². The summed E-state index contributed by atoms with van der Waals surface area (Å²) in [5, 5.41) is 10.1. The highest BCUT2D eigenvalue weighted by atomic mass is 19.1. The van der Waals surface area contributed by atoms with E-state index in [4.69, 9.17) is 4.74 Å². The molecule has 0 fully saturated rings. The van der Waals surface area contributed by atoms with E-state index in [2.05, 4.69) is 0 Å². The summed E-state index contributed by atoms with van der Waals surface area (Å²) in [7, 11) is 0. The quantitative estimate of drug-likeness (QED) is 0.857. The Labute approximate surface area is 115 Å². The van der Waals surface area contributed by atoms with E-state index >= 15 is 0 Å². The minimum Gasteiger partial charge on any atom is -0.485 e. The molecule has 3 rings (SSSR count). The van der Waals surface area contributed by atoms with Crippen LogP contribution in [0.5, 0.6) is 5.75 Å². The lowest BCUT2D eigenvalue weighted by atomic mass is 9.94. The van der Waals surface area contributed by atoms with Crippen LogP contribution < -0.4 is 4.74 Å². The zero-order valence-electron chi connectivity index (χ0n) is 10.9. The number of hydrogen-bond acceptors (Lipinski definition) is 2. The van der Waals surface area contributed by atoms with E-state index in [0.29, 0.717) is 23.3 Å². The van der Waals surface area contributed by atoms with E-state index in [1.165, 1.54) is 24.3 Å². The molecule has 0 bridgehead atoms. The maximum absolute atomic E-state index is 13.3. The SMILES string of the molecule is Cc1cc(C2C[C@@H](O)c3cc(F)ccc3O2)ccc1F. The first kappa shape index (κ1) is 13.1.